The van der Waals surface area contributed by atoms with Crippen LogP contribution < -0.4 is 5.32 Å². The Morgan fingerprint density at radius 3 is 2.64 bits per heavy atom. The second-order valence-corrected chi connectivity index (χ2v) is 7.55. The second-order valence-electron chi connectivity index (χ2n) is 6.64. The van der Waals surface area contributed by atoms with Crippen LogP contribution >= 0.6 is 11.3 Å². The molecule has 2 N–H and O–H groups in total. The van der Waals surface area contributed by atoms with Gasteiger partial charge in [0.1, 0.15) is 11.5 Å². The number of nitrogens with one attached hydrogen (secondary N) is 2. The third-order valence-corrected chi connectivity index (χ3v) is 5.66. The van der Waals surface area contributed by atoms with Gasteiger partial charge in [-0.1, -0.05) is 0 Å². The number of fused-ring (bicyclic) bond motifs is 1. The van der Waals surface area contributed by atoms with E-state index in [2.05, 4.69) is 38.6 Å². The third kappa shape index (κ3) is 2.95. The molecule has 0 spiro atoms. The Hall–Kier alpha value is -3.45. The van der Waals surface area contributed by atoms with Gasteiger partial charge in [0, 0.05) is 35.4 Å². The summed E-state index contributed by atoms with van der Waals surface area (Å²) >= 11 is 1.70. The first kappa shape index (κ1) is 16.7. The number of rotatable bonds is 4. The molecule has 7 heteroatoms. The molecule has 0 aliphatic carbocycles. The molecule has 6 nitrogen and oxygen atoms in total. The number of benzene rings is 1. The van der Waals surface area contributed by atoms with E-state index in [0.29, 0.717) is 5.95 Å². The fourth-order valence-corrected chi connectivity index (χ4v) is 4.13. The van der Waals surface area contributed by atoms with Gasteiger partial charge in [0.05, 0.1) is 10.6 Å². The van der Waals surface area contributed by atoms with Gasteiger partial charge >= 0.3 is 0 Å². The maximum Gasteiger partial charge on any atom is 0.229 e. The molecule has 5 rings (SSSR count). The summed E-state index contributed by atoms with van der Waals surface area (Å²) in [7, 11) is 0. The first-order chi connectivity index (χ1) is 13.7. The zero-order chi connectivity index (χ0) is 19.1. The van der Waals surface area contributed by atoms with Gasteiger partial charge in [-0.3, -0.25) is 0 Å². The molecule has 0 saturated heterocycles. The molecule has 5 aromatic rings. The number of aryl methyl sites for hydroxylation is 2. The molecule has 0 amide bonds. The molecule has 4 heterocycles. The van der Waals surface area contributed by atoms with Crippen LogP contribution in [0.1, 0.15) is 11.4 Å². The average molecular weight is 386 g/mol. The highest BCUT2D eigenvalue weighted by Crippen LogP contribution is 2.32. The monoisotopic (exact) mass is 386 g/mol. The quantitative estimate of drug-likeness (QED) is 0.443. The minimum Gasteiger partial charge on any atom is -0.346 e. The van der Waals surface area contributed by atoms with Crippen LogP contribution in [-0.4, -0.2) is 24.5 Å². The lowest BCUT2D eigenvalue weighted by Gasteiger charge is -2.09. The molecule has 0 bridgehead atoms. The summed E-state index contributed by atoms with van der Waals surface area (Å²) in [5, 5.41) is 6.49. The van der Waals surface area contributed by atoms with Gasteiger partial charge < -0.3 is 14.9 Å². The summed E-state index contributed by atoms with van der Waals surface area (Å²) in [6.07, 6.45) is 5.65. The molecule has 0 aliphatic heterocycles. The van der Waals surface area contributed by atoms with Crippen LogP contribution in [0.5, 0.6) is 0 Å². The van der Waals surface area contributed by atoms with Crippen LogP contribution in [0.25, 0.3) is 27.3 Å². The van der Waals surface area contributed by atoms with Crippen molar-refractivity contribution in [1.82, 2.24) is 24.5 Å². The SMILES string of the molecule is Cc1csc(-c2nc(Nc3ccc(-n4ccnc4C)cc3)nc3[nH]ccc23)c1. The maximum atomic E-state index is 4.79. The number of aromatic nitrogens is 5. The number of thiophene rings is 1. The highest BCUT2D eigenvalue weighted by atomic mass is 32.1. The van der Waals surface area contributed by atoms with Gasteiger partial charge in [0.2, 0.25) is 5.95 Å². The normalized spacial score (nSPS) is 11.2. The first-order valence-corrected chi connectivity index (χ1v) is 9.83. The average Bonchev–Trinajstić information content (AvgIpc) is 3.43. The Bertz CT molecular complexity index is 1260. The van der Waals surface area contributed by atoms with E-state index in [0.717, 1.165) is 38.8 Å². The van der Waals surface area contributed by atoms with Gasteiger partial charge in [0.25, 0.3) is 0 Å². The van der Waals surface area contributed by atoms with Crippen LogP contribution in [0.4, 0.5) is 11.6 Å². The third-order valence-electron chi connectivity index (χ3n) is 4.61. The van der Waals surface area contributed by atoms with Crippen LogP contribution in [0, 0.1) is 13.8 Å². The summed E-state index contributed by atoms with van der Waals surface area (Å²) in [5.41, 5.74) is 5.00. The van der Waals surface area contributed by atoms with Crippen molar-refractivity contribution >= 4 is 34.0 Å². The molecule has 0 radical (unpaired) electrons. The largest absolute Gasteiger partial charge is 0.346 e. The Kier molecular flexibility index (Phi) is 3.95. The fourth-order valence-electron chi connectivity index (χ4n) is 3.23. The van der Waals surface area contributed by atoms with E-state index in [9.17, 15) is 0 Å². The van der Waals surface area contributed by atoms with E-state index in [4.69, 9.17) is 4.98 Å². The smallest absolute Gasteiger partial charge is 0.229 e. The summed E-state index contributed by atoms with van der Waals surface area (Å²) in [6.45, 7) is 4.08. The van der Waals surface area contributed by atoms with Crippen molar-refractivity contribution in [2.24, 2.45) is 0 Å². The molecule has 28 heavy (non-hydrogen) atoms. The number of aromatic amines is 1. The van der Waals surface area contributed by atoms with Crippen molar-refractivity contribution in [3.05, 3.63) is 71.8 Å². The van der Waals surface area contributed by atoms with Crippen LogP contribution in [0.3, 0.4) is 0 Å². The zero-order valence-electron chi connectivity index (χ0n) is 15.5. The second kappa shape index (κ2) is 6.61. The van der Waals surface area contributed by atoms with Crippen molar-refractivity contribution in [2.75, 3.05) is 5.32 Å². The van der Waals surface area contributed by atoms with Crippen molar-refractivity contribution in [1.29, 1.82) is 0 Å². The lowest BCUT2D eigenvalue weighted by Crippen LogP contribution is -2.00. The van der Waals surface area contributed by atoms with Crippen LogP contribution in [-0.2, 0) is 0 Å². The van der Waals surface area contributed by atoms with Gasteiger partial charge in [-0.25, -0.2) is 9.97 Å². The minimum atomic E-state index is 0.572. The summed E-state index contributed by atoms with van der Waals surface area (Å²) in [5.74, 6) is 1.53. The Morgan fingerprint density at radius 1 is 1.07 bits per heavy atom. The van der Waals surface area contributed by atoms with E-state index in [-0.39, 0.29) is 0 Å². The summed E-state index contributed by atoms with van der Waals surface area (Å²) < 4.78 is 2.04. The standard InChI is InChI=1S/C21H18N6S/c1-13-11-18(28-12-13)19-17-7-8-23-20(17)26-21(25-19)24-15-3-5-16(6-4-15)27-10-9-22-14(27)2/h3-12H,1-2H3,(H2,23,24,25,26). The van der Waals surface area contributed by atoms with Crippen molar-refractivity contribution in [2.45, 2.75) is 13.8 Å². The molecule has 4 aromatic heterocycles. The minimum absolute atomic E-state index is 0.572. The number of hydrogen-bond donors (Lipinski definition) is 2. The Morgan fingerprint density at radius 2 is 1.93 bits per heavy atom. The number of hydrogen-bond acceptors (Lipinski definition) is 5. The molecule has 0 saturated carbocycles. The Labute approximate surface area is 165 Å². The summed E-state index contributed by atoms with van der Waals surface area (Å²) in [4.78, 5) is 18.0. The molecule has 0 aliphatic rings. The molecule has 0 unspecified atom stereocenters. The van der Waals surface area contributed by atoms with E-state index in [1.54, 1.807) is 17.5 Å². The van der Waals surface area contributed by atoms with Crippen LogP contribution in [0.2, 0.25) is 0 Å². The lowest BCUT2D eigenvalue weighted by molar-refractivity contribution is 0.975. The van der Waals surface area contributed by atoms with E-state index >= 15 is 0 Å². The lowest BCUT2D eigenvalue weighted by atomic mass is 10.2. The predicted octanol–water partition coefficient (Wildman–Crippen LogP) is 5.23. The number of anilines is 2. The fraction of sp³-hybridized carbons (Fsp3) is 0.0952. The highest BCUT2D eigenvalue weighted by molar-refractivity contribution is 7.13. The molecular formula is C21H18N6S. The summed E-state index contributed by atoms with van der Waals surface area (Å²) in [6, 6.07) is 12.3. The predicted molar refractivity (Wildman–Crippen MR) is 114 cm³/mol. The maximum absolute atomic E-state index is 4.79. The van der Waals surface area contributed by atoms with Gasteiger partial charge in [-0.05, 0) is 61.2 Å². The first-order valence-electron chi connectivity index (χ1n) is 8.95. The number of H-pyrrole nitrogens is 1. The number of nitrogens with zero attached hydrogens (tertiary/aromatic N) is 4. The van der Waals surface area contributed by atoms with Gasteiger partial charge in [-0.2, -0.15) is 4.98 Å². The zero-order valence-corrected chi connectivity index (χ0v) is 16.3. The van der Waals surface area contributed by atoms with Crippen molar-refractivity contribution in [3.63, 3.8) is 0 Å². The van der Waals surface area contributed by atoms with E-state index < -0.39 is 0 Å². The van der Waals surface area contributed by atoms with Crippen molar-refractivity contribution < 1.29 is 0 Å². The molecule has 138 valence electrons. The Balaban J connectivity index is 1.49. The molecule has 1 aromatic carbocycles. The number of imidazole rings is 1. The molecule has 0 fully saturated rings. The molecular weight excluding hydrogens is 368 g/mol. The van der Waals surface area contributed by atoms with Crippen molar-refractivity contribution in [3.8, 4) is 16.3 Å². The molecule has 0 atom stereocenters. The van der Waals surface area contributed by atoms with Crippen LogP contribution in [0.15, 0.2) is 60.4 Å². The van der Waals surface area contributed by atoms with Gasteiger partial charge in [0.15, 0.2) is 0 Å². The van der Waals surface area contributed by atoms with Gasteiger partial charge in [-0.15, -0.1) is 11.3 Å². The topological polar surface area (TPSA) is 71.4 Å². The highest BCUT2D eigenvalue weighted by Gasteiger charge is 2.12. The van der Waals surface area contributed by atoms with E-state index in [1.165, 1.54) is 5.56 Å². The van der Waals surface area contributed by atoms with E-state index in [1.807, 2.05) is 54.2 Å².